The number of piperidine rings is 1. The van der Waals surface area contributed by atoms with Crippen LogP contribution >= 0.6 is 0 Å². The number of aromatic amines is 1. The van der Waals surface area contributed by atoms with Crippen molar-refractivity contribution in [3.8, 4) is 5.75 Å². The summed E-state index contributed by atoms with van der Waals surface area (Å²) in [5.41, 5.74) is 1.06. The van der Waals surface area contributed by atoms with Crippen molar-refractivity contribution < 1.29 is 19.1 Å². The van der Waals surface area contributed by atoms with E-state index in [1.807, 2.05) is 49.9 Å². The maximum absolute atomic E-state index is 14.0. The minimum atomic E-state index is -0.740. The fourth-order valence-electron chi connectivity index (χ4n) is 6.43. The summed E-state index contributed by atoms with van der Waals surface area (Å²) in [6.07, 6.45) is 11.2. The zero-order chi connectivity index (χ0) is 30.2. The van der Waals surface area contributed by atoms with Crippen LogP contribution in [0, 0.1) is 11.3 Å². The highest BCUT2D eigenvalue weighted by Gasteiger charge is 2.49. The molecule has 1 saturated carbocycles. The number of hydrogen-bond donors (Lipinski definition) is 4. The molecule has 230 valence electrons. The van der Waals surface area contributed by atoms with Crippen molar-refractivity contribution in [1.29, 1.82) is 0 Å². The molecule has 1 unspecified atom stereocenters. The Bertz CT molecular complexity index is 1160. The number of amides is 4. The predicted molar refractivity (Wildman–Crippen MR) is 162 cm³/mol. The molecule has 4 N–H and O–H groups in total. The van der Waals surface area contributed by atoms with Crippen LogP contribution in [0.3, 0.4) is 0 Å². The molecule has 1 saturated heterocycles. The molecule has 0 spiro atoms. The molecule has 42 heavy (non-hydrogen) atoms. The average Bonchev–Trinajstić information content (AvgIpc) is 3.50. The number of H-pyrrole nitrogens is 1. The van der Waals surface area contributed by atoms with E-state index < -0.39 is 11.5 Å². The van der Waals surface area contributed by atoms with Gasteiger partial charge >= 0.3 is 6.03 Å². The van der Waals surface area contributed by atoms with Crippen LogP contribution in [-0.2, 0) is 22.4 Å². The molecule has 1 aliphatic heterocycles. The molecule has 1 aromatic carbocycles. The van der Waals surface area contributed by atoms with E-state index in [2.05, 4.69) is 25.9 Å². The highest BCUT2D eigenvalue weighted by Crippen LogP contribution is 2.46. The largest absolute Gasteiger partial charge is 0.497 e. The van der Waals surface area contributed by atoms with Gasteiger partial charge in [-0.25, -0.2) is 9.78 Å². The lowest BCUT2D eigenvalue weighted by Crippen LogP contribution is -2.59. The Balaban J connectivity index is 1.45. The van der Waals surface area contributed by atoms with E-state index in [9.17, 15) is 14.4 Å². The van der Waals surface area contributed by atoms with Crippen LogP contribution < -0.4 is 20.7 Å². The molecule has 1 aliphatic carbocycles. The van der Waals surface area contributed by atoms with Crippen LogP contribution in [0.25, 0.3) is 0 Å². The SMILES string of the molecule is COc1ccc(CC(NC(=O)NCCc2cnc[nH]2)C(=O)N2CCC(C(=O)NC(C)(C)C)(C3CCCCC3)CC2)cc1. The molecule has 10 heteroatoms. The molecule has 0 radical (unpaired) electrons. The number of nitrogens with one attached hydrogen (secondary N) is 4. The molecule has 2 aliphatic rings. The highest BCUT2D eigenvalue weighted by molar-refractivity contribution is 5.88. The number of nitrogens with zero attached hydrogens (tertiary/aromatic N) is 2. The summed E-state index contributed by atoms with van der Waals surface area (Å²) < 4.78 is 5.28. The number of rotatable bonds is 10. The fourth-order valence-corrected chi connectivity index (χ4v) is 6.43. The standard InChI is InChI=1S/C32H48N6O4/c1-31(2,3)37-29(40)32(24-8-6-5-7-9-24)15-18-38(19-16-32)28(39)27(20-23-10-12-26(42-4)13-11-23)36-30(41)34-17-14-25-21-33-22-35-25/h10-13,21-22,24,27H,5-9,14-20H2,1-4H3,(H,33,35)(H,37,40)(H2,34,36,41). The van der Waals surface area contributed by atoms with Gasteiger partial charge in [-0.1, -0.05) is 31.4 Å². The van der Waals surface area contributed by atoms with E-state index in [4.69, 9.17) is 4.74 Å². The molecule has 2 heterocycles. The van der Waals surface area contributed by atoms with Crippen LogP contribution in [0.5, 0.6) is 5.75 Å². The number of likely N-dealkylation sites (tertiary alicyclic amines) is 1. The van der Waals surface area contributed by atoms with Gasteiger partial charge in [-0.05, 0) is 70.1 Å². The zero-order valence-corrected chi connectivity index (χ0v) is 25.6. The third kappa shape index (κ3) is 8.26. The van der Waals surface area contributed by atoms with Crippen LogP contribution in [0.4, 0.5) is 4.79 Å². The highest BCUT2D eigenvalue weighted by atomic mass is 16.5. The molecule has 1 atom stereocenters. The second kappa shape index (κ2) is 14.1. The third-order valence-corrected chi connectivity index (χ3v) is 8.73. The Morgan fingerprint density at radius 3 is 2.38 bits per heavy atom. The fraction of sp³-hybridized carbons (Fsp3) is 0.625. The molecule has 2 aromatic rings. The van der Waals surface area contributed by atoms with Crippen molar-refractivity contribution in [2.45, 2.75) is 90.1 Å². The number of methoxy groups -OCH3 is 1. The van der Waals surface area contributed by atoms with Crippen LogP contribution in [0.2, 0.25) is 0 Å². The number of urea groups is 1. The molecular formula is C32H48N6O4. The quantitative estimate of drug-likeness (QED) is 0.338. The van der Waals surface area contributed by atoms with Gasteiger partial charge < -0.3 is 30.6 Å². The lowest BCUT2D eigenvalue weighted by molar-refractivity contribution is -0.146. The number of carbonyl (C=O) groups excluding carboxylic acids is 3. The topological polar surface area (TPSA) is 128 Å². The Kier molecular flexibility index (Phi) is 10.5. The van der Waals surface area contributed by atoms with Crippen molar-refractivity contribution in [2.24, 2.45) is 11.3 Å². The molecule has 4 rings (SSSR count). The van der Waals surface area contributed by atoms with E-state index >= 15 is 0 Å². The van der Waals surface area contributed by atoms with Crippen molar-refractivity contribution in [2.75, 3.05) is 26.7 Å². The second-order valence-corrected chi connectivity index (χ2v) is 12.9. The number of carbonyl (C=O) groups is 3. The molecule has 2 fully saturated rings. The minimum absolute atomic E-state index is 0.122. The Labute approximate surface area is 249 Å². The van der Waals surface area contributed by atoms with Gasteiger partial charge in [0.15, 0.2) is 0 Å². The Morgan fingerprint density at radius 2 is 1.79 bits per heavy atom. The van der Waals surface area contributed by atoms with Crippen LogP contribution in [0.15, 0.2) is 36.8 Å². The van der Waals surface area contributed by atoms with Crippen LogP contribution in [0.1, 0.15) is 77.0 Å². The van der Waals surface area contributed by atoms with Gasteiger partial charge in [0.2, 0.25) is 11.8 Å². The van der Waals surface area contributed by atoms with Crippen molar-refractivity contribution in [1.82, 2.24) is 30.8 Å². The maximum Gasteiger partial charge on any atom is 0.315 e. The van der Waals surface area contributed by atoms with Gasteiger partial charge in [0.1, 0.15) is 11.8 Å². The third-order valence-electron chi connectivity index (χ3n) is 8.73. The first-order chi connectivity index (χ1) is 20.1. The normalized spacial score (nSPS) is 18.1. The number of imidazole rings is 1. The van der Waals surface area contributed by atoms with Crippen molar-refractivity contribution in [3.05, 3.63) is 48.0 Å². The smallest absolute Gasteiger partial charge is 0.315 e. The maximum atomic E-state index is 14.0. The predicted octanol–water partition coefficient (Wildman–Crippen LogP) is 3.98. The lowest BCUT2D eigenvalue weighted by Gasteiger charge is -2.48. The summed E-state index contributed by atoms with van der Waals surface area (Å²) in [6, 6.07) is 6.41. The van der Waals surface area contributed by atoms with E-state index in [-0.39, 0.29) is 23.4 Å². The van der Waals surface area contributed by atoms with E-state index in [1.54, 1.807) is 19.6 Å². The van der Waals surface area contributed by atoms with Gasteiger partial charge in [-0.3, -0.25) is 9.59 Å². The van der Waals surface area contributed by atoms with Crippen molar-refractivity contribution >= 4 is 17.8 Å². The first-order valence-electron chi connectivity index (χ1n) is 15.4. The molecular weight excluding hydrogens is 532 g/mol. The average molecular weight is 581 g/mol. The van der Waals surface area contributed by atoms with E-state index in [0.717, 1.165) is 42.7 Å². The first-order valence-corrected chi connectivity index (χ1v) is 15.4. The van der Waals surface area contributed by atoms with Crippen molar-refractivity contribution in [3.63, 3.8) is 0 Å². The second-order valence-electron chi connectivity index (χ2n) is 12.9. The summed E-state index contributed by atoms with van der Waals surface area (Å²) in [5.74, 6) is 1.07. The zero-order valence-electron chi connectivity index (χ0n) is 25.6. The summed E-state index contributed by atoms with van der Waals surface area (Å²) in [5, 5.41) is 9.06. The number of hydrogen-bond acceptors (Lipinski definition) is 5. The Morgan fingerprint density at radius 1 is 1.10 bits per heavy atom. The van der Waals surface area contributed by atoms with Gasteiger partial charge in [-0.15, -0.1) is 0 Å². The summed E-state index contributed by atoms with van der Waals surface area (Å²) in [7, 11) is 1.61. The van der Waals surface area contributed by atoms with Gasteiger partial charge in [-0.2, -0.15) is 0 Å². The summed E-state index contributed by atoms with van der Waals surface area (Å²) in [4.78, 5) is 49.5. The minimum Gasteiger partial charge on any atom is -0.497 e. The summed E-state index contributed by atoms with van der Waals surface area (Å²) >= 11 is 0. The van der Waals surface area contributed by atoms with E-state index in [0.29, 0.717) is 51.2 Å². The lowest BCUT2D eigenvalue weighted by atomic mass is 9.63. The monoisotopic (exact) mass is 580 g/mol. The van der Waals surface area contributed by atoms with Gasteiger partial charge in [0.25, 0.3) is 0 Å². The number of ether oxygens (including phenoxy) is 1. The first kappa shape index (κ1) is 31.4. The number of aromatic nitrogens is 2. The van der Waals surface area contributed by atoms with Crippen LogP contribution in [-0.4, -0.2) is 71.0 Å². The summed E-state index contributed by atoms with van der Waals surface area (Å²) in [6.45, 7) is 7.47. The van der Waals surface area contributed by atoms with Gasteiger partial charge in [0, 0.05) is 49.9 Å². The molecule has 0 bridgehead atoms. The number of benzene rings is 1. The van der Waals surface area contributed by atoms with Gasteiger partial charge in [0.05, 0.1) is 18.9 Å². The molecule has 4 amide bonds. The molecule has 10 nitrogen and oxygen atoms in total. The van der Waals surface area contributed by atoms with E-state index in [1.165, 1.54) is 6.42 Å². The molecule has 1 aromatic heterocycles. The Hall–Kier alpha value is -3.56.